The molecule has 2 saturated heterocycles. The van der Waals surface area contributed by atoms with Gasteiger partial charge >= 0.3 is 0 Å². The Hall–Kier alpha value is -4.12. The highest BCUT2D eigenvalue weighted by molar-refractivity contribution is 6.99. The van der Waals surface area contributed by atoms with Crippen molar-refractivity contribution >= 4 is 58.5 Å². The second-order valence-electron chi connectivity index (χ2n) is 16.7. The van der Waals surface area contributed by atoms with E-state index in [2.05, 4.69) is 126 Å². The van der Waals surface area contributed by atoms with E-state index in [-0.39, 0.29) is 33.9 Å². The van der Waals surface area contributed by atoms with Crippen molar-refractivity contribution in [2.45, 2.75) is 63.1 Å². The molecule has 2 aliphatic heterocycles. The fraction of sp³-hybridized carbons (Fsp3) is 0.386. The summed E-state index contributed by atoms with van der Waals surface area (Å²) in [5, 5.41) is 8.13. The predicted octanol–water partition coefficient (Wildman–Crippen LogP) is 7.06. The summed E-state index contributed by atoms with van der Waals surface area (Å²) >= 11 is 6.95. The van der Waals surface area contributed by atoms with Crippen molar-refractivity contribution in [1.29, 1.82) is 0 Å². The Labute approximate surface area is 325 Å². The van der Waals surface area contributed by atoms with Crippen LogP contribution in [-0.2, 0) is 19.4 Å². The first-order chi connectivity index (χ1) is 25.9. The van der Waals surface area contributed by atoms with Gasteiger partial charge in [0.15, 0.2) is 0 Å². The summed E-state index contributed by atoms with van der Waals surface area (Å²) in [4.78, 5) is 27.3. The summed E-state index contributed by atoms with van der Waals surface area (Å²) in [5.74, 6) is 0.381. The second-order valence-corrected chi connectivity index (χ2v) is 21.4. The van der Waals surface area contributed by atoms with Crippen molar-refractivity contribution in [3.05, 3.63) is 120 Å². The average Bonchev–Trinajstić information content (AvgIpc) is 3.76. The van der Waals surface area contributed by atoms with E-state index in [9.17, 15) is 4.79 Å². The van der Waals surface area contributed by atoms with Crippen LogP contribution in [0.4, 0.5) is 11.5 Å². The minimum absolute atomic E-state index is 0.0260. The number of amides is 1. The number of nitrogens with zero attached hydrogens (tertiary/aromatic N) is 4. The molecule has 2 aromatic heterocycles. The summed E-state index contributed by atoms with van der Waals surface area (Å²) in [7, 11) is -2.78. The van der Waals surface area contributed by atoms with Crippen LogP contribution in [0.3, 0.4) is 0 Å². The highest BCUT2D eigenvalue weighted by Crippen LogP contribution is 2.53. The van der Waals surface area contributed by atoms with Gasteiger partial charge in [-0.25, -0.2) is 4.98 Å². The Morgan fingerprint density at radius 3 is 2.19 bits per heavy atom. The molecular weight excluding hydrogens is 710 g/mol. The van der Waals surface area contributed by atoms with E-state index in [1.165, 1.54) is 10.4 Å². The molecule has 0 bridgehead atoms. The Morgan fingerprint density at radius 1 is 0.889 bits per heavy atom. The zero-order chi connectivity index (χ0) is 37.7. The zero-order valence-corrected chi connectivity index (χ0v) is 33.6. The number of nitrogens with one attached hydrogen (secondary N) is 1. The molecule has 1 aliphatic carbocycles. The van der Waals surface area contributed by atoms with Gasteiger partial charge in [-0.15, -0.1) is 0 Å². The number of anilines is 2. The normalized spacial score (nSPS) is 24.8. The van der Waals surface area contributed by atoms with Crippen molar-refractivity contribution in [3.8, 4) is 0 Å². The third-order valence-electron chi connectivity index (χ3n) is 12.3. The largest absolute Gasteiger partial charge is 0.400 e. The van der Waals surface area contributed by atoms with E-state index in [1.807, 2.05) is 30.3 Å². The van der Waals surface area contributed by atoms with Gasteiger partial charge in [-0.2, -0.15) is 0 Å². The maximum absolute atomic E-state index is 13.3. The third-order valence-corrected chi connectivity index (χ3v) is 17.6. The molecule has 8 nitrogen and oxygen atoms in total. The number of carbonyl (C=O) groups excluding carboxylic acids is 1. The van der Waals surface area contributed by atoms with Gasteiger partial charge in [-0.1, -0.05) is 106 Å². The maximum Gasteiger partial charge on any atom is 0.261 e. The Kier molecular flexibility index (Phi) is 9.67. The summed E-state index contributed by atoms with van der Waals surface area (Å²) in [6, 6.07) is 33.7. The molecule has 4 heterocycles. The topological polar surface area (TPSA) is 79.8 Å². The van der Waals surface area contributed by atoms with Crippen molar-refractivity contribution in [2.75, 3.05) is 49.6 Å². The lowest BCUT2D eigenvalue weighted by molar-refractivity contribution is -0.117. The molecule has 3 aromatic carbocycles. The molecule has 0 radical (unpaired) electrons. The first kappa shape index (κ1) is 36.8. The molecule has 54 heavy (non-hydrogen) atoms. The van der Waals surface area contributed by atoms with Gasteiger partial charge in [0.2, 0.25) is 5.91 Å². The first-order valence-electron chi connectivity index (χ1n) is 19.1. The van der Waals surface area contributed by atoms with Crippen molar-refractivity contribution in [3.63, 3.8) is 0 Å². The highest BCUT2D eigenvalue weighted by Gasteiger charge is 2.57. The predicted molar refractivity (Wildman–Crippen MR) is 221 cm³/mol. The summed E-state index contributed by atoms with van der Waals surface area (Å²) < 4.78 is 14.0. The number of aromatic nitrogens is 2. The van der Waals surface area contributed by atoms with E-state index in [1.54, 1.807) is 12.4 Å². The lowest BCUT2D eigenvalue weighted by Crippen LogP contribution is -2.71. The number of carbonyl (C=O) groups is 1. The SMILES string of the molecule is CC1(c2ccccn2)CC1C(=O)Nc1cc2cc(N3CCN(C4(C)COCC4O[Si](c4ccccc4)(c4ccccc4)C(C)(C)C)CC3)c(Cl)cc2cn1. The van der Waals surface area contributed by atoms with E-state index in [0.29, 0.717) is 24.1 Å². The number of fused-ring (bicyclic) bond motifs is 1. The molecule has 10 heteroatoms. The van der Waals surface area contributed by atoms with Gasteiger partial charge in [-0.05, 0) is 64.5 Å². The smallest absolute Gasteiger partial charge is 0.261 e. The minimum atomic E-state index is -2.78. The van der Waals surface area contributed by atoms with Gasteiger partial charge in [0, 0.05) is 55.1 Å². The number of hydrogen-bond acceptors (Lipinski definition) is 7. The van der Waals surface area contributed by atoms with Crippen LogP contribution >= 0.6 is 11.6 Å². The number of halogens is 1. The number of hydrogen-bond donors (Lipinski definition) is 1. The molecule has 8 rings (SSSR count). The molecule has 3 fully saturated rings. The second kappa shape index (κ2) is 14.2. The molecule has 280 valence electrons. The van der Waals surface area contributed by atoms with E-state index < -0.39 is 8.32 Å². The lowest BCUT2D eigenvalue weighted by Gasteiger charge is -2.50. The third kappa shape index (κ3) is 6.54. The number of benzene rings is 3. The van der Waals surface area contributed by atoms with E-state index >= 15 is 0 Å². The van der Waals surface area contributed by atoms with E-state index in [4.69, 9.17) is 20.8 Å². The number of rotatable bonds is 9. The maximum atomic E-state index is 13.3. The van der Waals surface area contributed by atoms with Gasteiger partial charge in [0.05, 0.1) is 41.5 Å². The van der Waals surface area contributed by atoms with Crippen LogP contribution in [0.15, 0.2) is 109 Å². The van der Waals surface area contributed by atoms with Gasteiger partial charge < -0.3 is 19.4 Å². The van der Waals surface area contributed by atoms with Crippen molar-refractivity contribution < 1.29 is 14.0 Å². The fourth-order valence-electron chi connectivity index (χ4n) is 8.87. The highest BCUT2D eigenvalue weighted by atomic mass is 35.5. The lowest BCUT2D eigenvalue weighted by atomic mass is 9.95. The monoisotopic (exact) mass is 759 g/mol. The van der Waals surface area contributed by atoms with Crippen LogP contribution in [0.25, 0.3) is 10.8 Å². The molecule has 4 unspecified atom stereocenters. The number of piperazine rings is 1. The quantitative estimate of drug-likeness (QED) is 0.161. The molecule has 1 amide bonds. The molecule has 4 atom stereocenters. The van der Waals surface area contributed by atoms with Crippen LogP contribution in [-0.4, -0.2) is 80.1 Å². The van der Waals surface area contributed by atoms with Crippen LogP contribution in [0.5, 0.6) is 0 Å². The zero-order valence-electron chi connectivity index (χ0n) is 31.9. The summed E-state index contributed by atoms with van der Waals surface area (Å²) in [5.41, 5.74) is 1.40. The molecule has 0 spiro atoms. The molecule has 1 N–H and O–H groups in total. The Bertz CT molecular complexity index is 2090. The van der Waals surface area contributed by atoms with Gasteiger partial charge in [-0.3, -0.25) is 14.7 Å². The number of pyridine rings is 2. The molecule has 3 aliphatic rings. The Balaban J connectivity index is 0.989. The molecule has 1 saturated carbocycles. The molecule has 5 aromatic rings. The molecular formula is C44H50ClN5O3Si. The van der Waals surface area contributed by atoms with Crippen molar-refractivity contribution in [1.82, 2.24) is 14.9 Å². The average molecular weight is 760 g/mol. The van der Waals surface area contributed by atoms with Gasteiger partial charge in [0.1, 0.15) is 5.82 Å². The van der Waals surface area contributed by atoms with Crippen molar-refractivity contribution in [2.24, 2.45) is 5.92 Å². The van der Waals surface area contributed by atoms with Gasteiger partial charge in [0.25, 0.3) is 8.32 Å². The van der Waals surface area contributed by atoms with Crippen LogP contribution in [0.2, 0.25) is 10.1 Å². The summed E-state index contributed by atoms with van der Waals surface area (Å²) in [6.45, 7) is 15.9. The summed E-state index contributed by atoms with van der Waals surface area (Å²) in [6.07, 6.45) is 4.24. The van der Waals surface area contributed by atoms with Crippen LogP contribution in [0.1, 0.15) is 46.7 Å². The minimum Gasteiger partial charge on any atom is -0.400 e. The van der Waals surface area contributed by atoms with E-state index in [0.717, 1.165) is 54.8 Å². The number of ether oxygens (including phenoxy) is 1. The van der Waals surface area contributed by atoms with Crippen LogP contribution < -0.4 is 20.6 Å². The fourth-order valence-corrected chi connectivity index (χ4v) is 13.9. The Morgan fingerprint density at radius 2 is 1.56 bits per heavy atom. The first-order valence-corrected chi connectivity index (χ1v) is 21.4. The van der Waals surface area contributed by atoms with Crippen LogP contribution in [0, 0.1) is 5.92 Å². The standard InChI is InChI=1S/C44H50ClN5O3Si/c1-42(2,3)54(33-14-8-6-9-15-33,34-16-10-7-11-17-34)53-39-29-52-30-44(39,5)50-22-20-49(21-23-50)37-25-31-26-40(47-28-32(31)24-36(37)45)48-41(51)35-27-43(35,4)38-18-12-13-19-46-38/h6-19,24-26,28,35,39H,20-23,27,29-30H2,1-5H3,(H,47,48,51).